The third kappa shape index (κ3) is 1.52. The van der Waals surface area contributed by atoms with E-state index in [1.807, 2.05) is 0 Å². The minimum Gasteiger partial charge on any atom is -0.353 e. The molecule has 2 aliphatic heterocycles. The second-order valence-corrected chi connectivity index (χ2v) is 5.23. The normalized spacial score (nSPS) is 28.5. The Morgan fingerprint density at radius 3 is 3.00 bits per heavy atom. The Balaban J connectivity index is 2.02. The van der Waals surface area contributed by atoms with Crippen molar-refractivity contribution in [2.24, 2.45) is 5.73 Å². The zero-order valence-electron chi connectivity index (χ0n) is 9.95. The number of benzene rings is 1. The molecular formula is C14H20N2. The van der Waals surface area contributed by atoms with Crippen molar-refractivity contribution in [2.75, 3.05) is 4.90 Å². The molecule has 0 aromatic heterocycles. The summed E-state index contributed by atoms with van der Waals surface area (Å²) in [4.78, 5) is 2.47. The fraction of sp³-hybridized carbons (Fsp3) is 0.571. The Morgan fingerprint density at radius 1 is 1.25 bits per heavy atom. The molecule has 2 N–H and O–H groups in total. The summed E-state index contributed by atoms with van der Waals surface area (Å²) in [5, 5.41) is 0. The summed E-state index contributed by atoms with van der Waals surface area (Å²) in [6.07, 6.45) is 6.50. The average Bonchev–Trinajstić information content (AvgIpc) is 2.29. The van der Waals surface area contributed by atoms with Crippen LogP contribution < -0.4 is 10.6 Å². The summed E-state index contributed by atoms with van der Waals surface area (Å²) in [5.41, 5.74) is 10.5. The highest BCUT2D eigenvalue weighted by atomic mass is 15.3. The number of nitrogens with two attached hydrogens (primary N) is 1. The molecule has 86 valence electrons. The van der Waals surface area contributed by atoms with Gasteiger partial charge in [-0.15, -0.1) is 0 Å². The Labute approximate surface area is 97.4 Å². The molecular weight excluding hydrogens is 196 g/mol. The van der Waals surface area contributed by atoms with E-state index >= 15 is 0 Å². The smallest absolute Gasteiger partial charge is 0.0774 e. The third-order valence-electron chi connectivity index (χ3n) is 4.05. The molecule has 0 amide bonds. The van der Waals surface area contributed by atoms with E-state index in [0.29, 0.717) is 6.04 Å². The van der Waals surface area contributed by atoms with Crippen molar-refractivity contribution >= 4 is 5.69 Å². The summed E-state index contributed by atoms with van der Waals surface area (Å²) in [5.74, 6) is 0. The van der Waals surface area contributed by atoms with Gasteiger partial charge in [0.2, 0.25) is 0 Å². The second-order valence-electron chi connectivity index (χ2n) is 5.23. The zero-order chi connectivity index (χ0) is 11.1. The van der Waals surface area contributed by atoms with Crippen LogP contribution in [0.3, 0.4) is 0 Å². The number of hydrogen-bond acceptors (Lipinski definition) is 2. The van der Waals surface area contributed by atoms with Gasteiger partial charge in [0, 0.05) is 11.7 Å². The summed E-state index contributed by atoms with van der Waals surface area (Å²) in [7, 11) is 0. The lowest BCUT2D eigenvalue weighted by Crippen LogP contribution is -2.53. The average molecular weight is 216 g/mol. The first kappa shape index (κ1) is 10.2. The fourth-order valence-corrected chi connectivity index (χ4v) is 3.26. The Kier molecular flexibility index (Phi) is 2.40. The number of aryl methyl sites for hydroxylation is 2. The Bertz CT molecular complexity index is 400. The minimum atomic E-state index is 0.237. The van der Waals surface area contributed by atoms with Gasteiger partial charge in [-0.05, 0) is 50.7 Å². The van der Waals surface area contributed by atoms with Crippen LogP contribution in [0.4, 0.5) is 5.69 Å². The number of hydrogen-bond donors (Lipinski definition) is 1. The van der Waals surface area contributed by atoms with Gasteiger partial charge in [0.05, 0.1) is 6.17 Å². The van der Waals surface area contributed by atoms with Crippen LogP contribution in [0.2, 0.25) is 0 Å². The van der Waals surface area contributed by atoms with Gasteiger partial charge in [-0.25, -0.2) is 0 Å². The number of piperidine rings is 1. The summed E-state index contributed by atoms with van der Waals surface area (Å²) in [6, 6.07) is 7.50. The van der Waals surface area contributed by atoms with Crippen molar-refractivity contribution in [2.45, 2.75) is 51.2 Å². The SMILES string of the molecule is Cc1ccc2c(c1)CCC1CCCC(N)N21. The quantitative estimate of drug-likeness (QED) is 0.722. The zero-order valence-corrected chi connectivity index (χ0v) is 9.95. The fourth-order valence-electron chi connectivity index (χ4n) is 3.26. The molecule has 1 saturated heterocycles. The van der Waals surface area contributed by atoms with E-state index in [-0.39, 0.29) is 6.17 Å². The van der Waals surface area contributed by atoms with Gasteiger partial charge < -0.3 is 10.6 Å². The molecule has 2 atom stereocenters. The van der Waals surface area contributed by atoms with Crippen molar-refractivity contribution in [3.05, 3.63) is 29.3 Å². The van der Waals surface area contributed by atoms with Gasteiger partial charge >= 0.3 is 0 Å². The first-order valence-corrected chi connectivity index (χ1v) is 6.39. The molecule has 2 aliphatic rings. The topological polar surface area (TPSA) is 29.3 Å². The molecule has 16 heavy (non-hydrogen) atoms. The molecule has 2 unspecified atom stereocenters. The van der Waals surface area contributed by atoms with Crippen molar-refractivity contribution in [3.8, 4) is 0 Å². The largest absolute Gasteiger partial charge is 0.353 e. The van der Waals surface area contributed by atoms with Crippen LogP contribution in [-0.2, 0) is 6.42 Å². The molecule has 2 nitrogen and oxygen atoms in total. The highest BCUT2D eigenvalue weighted by molar-refractivity contribution is 5.58. The Morgan fingerprint density at radius 2 is 2.12 bits per heavy atom. The molecule has 2 heteroatoms. The van der Waals surface area contributed by atoms with Crippen molar-refractivity contribution < 1.29 is 0 Å². The highest BCUT2D eigenvalue weighted by Gasteiger charge is 2.32. The molecule has 3 rings (SSSR count). The number of nitrogens with zero attached hydrogens (tertiary/aromatic N) is 1. The summed E-state index contributed by atoms with van der Waals surface area (Å²) in [6.45, 7) is 2.17. The summed E-state index contributed by atoms with van der Waals surface area (Å²) < 4.78 is 0. The predicted octanol–water partition coefficient (Wildman–Crippen LogP) is 2.58. The molecule has 0 radical (unpaired) electrons. The van der Waals surface area contributed by atoms with Gasteiger partial charge in [-0.3, -0.25) is 0 Å². The first-order valence-electron chi connectivity index (χ1n) is 6.39. The molecule has 0 bridgehead atoms. The van der Waals surface area contributed by atoms with Gasteiger partial charge in [-0.2, -0.15) is 0 Å². The highest BCUT2D eigenvalue weighted by Crippen LogP contribution is 2.37. The lowest BCUT2D eigenvalue weighted by Gasteiger charge is -2.46. The van der Waals surface area contributed by atoms with Crippen molar-refractivity contribution in [1.82, 2.24) is 0 Å². The molecule has 0 aliphatic carbocycles. The molecule has 0 saturated carbocycles. The molecule has 2 heterocycles. The summed E-state index contributed by atoms with van der Waals surface area (Å²) >= 11 is 0. The molecule has 1 aromatic carbocycles. The van der Waals surface area contributed by atoms with Crippen LogP contribution in [0.1, 0.15) is 36.8 Å². The van der Waals surface area contributed by atoms with Crippen molar-refractivity contribution in [1.29, 1.82) is 0 Å². The van der Waals surface area contributed by atoms with E-state index in [4.69, 9.17) is 5.73 Å². The van der Waals surface area contributed by atoms with E-state index in [1.165, 1.54) is 42.5 Å². The number of fused-ring (bicyclic) bond motifs is 3. The first-order chi connectivity index (χ1) is 7.75. The van der Waals surface area contributed by atoms with Crippen LogP contribution in [0.15, 0.2) is 18.2 Å². The molecule has 1 aromatic rings. The van der Waals surface area contributed by atoms with E-state index in [1.54, 1.807) is 0 Å². The standard InChI is InChI=1S/C14H20N2/c1-10-5-8-13-11(9-10)6-7-12-3-2-4-14(15)16(12)13/h5,8-9,12,14H,2-4,6-7,15H2,1H3. The lowest BCUT2D eigenvalue weighted by molar-refractivity contribution is 0.360. The lowest BCUT2D eigenvalue weighted by atomic mass is 9.88. The van der Waals surface area contributed by atoms with Gasteiger partial charge in [-0.1, -0.05) is 17.7 Å². The van der Waals surface area contributed by atoms with E-state index < -0.39 is 0 Å². The van der Waals surface area contributed by atoms with E-state index in [2.05, 4.69) is 30.0 Å². The minimum absolute atomic E-state index is 0.237. The number of rotatable bonds is 0. The van der Waals surface area contributed by atoms with E-state index in [0.717, 1.165) is 6.42 Å². The van der Waals surface area contributed by atoms with Crippen LogP contribution >= 0.6 is 0 Å². The van der Waals surface area contributed by atoms with Crippen LogP contribution in [0, 0.1) is 6.92 Å². The number of anilines is 1. The predicted molar refractivity (Wildman–Crippen MR) is 67.6 cm³/mol. The molecule has 1 fully saturated rings. The van der Waals surface area contributed by atoms with Crippen LogP contribution in [-0.4, -0.2) is 12.2 Å². The maximum Gasteiger partial charge on any atom is 0.0774 e. The monoisotopic (exact) mass is 216 g/mol. The molecule has 0 spiro atoms. The van der Waals surface area contributed by atoms with E-state index in [9.17, 15) is 0 Å². The van der Waals surface area contributed by atoms with Gasteiger partial charge in [0.1, 0.15) is 0 Å². The Hall–Kier alpha value is -1.02. The second kappa shape index (κ2) is 3.77. The maximum absolute atomic E-state index is 6.27. The maximum atomic E-state index is 6.27. The van der Waals surface area contributed by atoms with Gasteiger partial charge in [0.15, 0.2) is 0 Å². The van der Waals surface area contributed by atoms with Crippen LogP contribution in [0.5, 0.6) is 0 Å². The van der Waals surface area contributed by atoms with Crippen molar-refractivity contribution in [3.63, 3.8) is 0 Å². The third-order valence-corrected chi connectivity index (χ3v) is 4.05. The van der Waals surface area contributed by atoms with Gasteiger partial charge in [0.25, 0.3) is 0 Å². The van der Waals surface area contributed by atoms with Crippen LogP contribution in [0.25, 0.3) is 0 Å².